The molecule has 1 aliphatic heterocycles. The van der Waals surface area contributed by atoms with Crippen LogP contribution in [0, 0.1) is 11.3 Å². The van der Waals surface area contributed by atoms with E-state index in [0.29, 0.717) is 24.8 Å². The largest absolute Gasteiger partial charge is 0.396 e. The van der Waals surface area contributed by atoms with Gasteiger partial charge in [-0.1, -0.05) is 25.9 Å². The van der Waals surface area contributed by atoms with Gasteiger partial charge in [-0.2, -0.15) is 4.98 Å². The van der Waals surface area contributed by atoms with Crippen LogP contribution in [0.1, 0.15) is 32.6 Å². The number of amides is 1. The van der Waals surface area contributed by atoms with Crippen molar-refractivity contribution in [2.45, 2.75) is 26.7 Å². The van der Waals surface area contributed by atoms with Gasteiger partial charge in [-0.05, 0) is 12.1 Å². The fraction of sp³-hybridized carbons (Fsp3) is 0.529. The third-order valence-corrected chi connectivity index (χ3v) is 4.30. The Morgan fingerprint density at radius 1 is 1.33 bits per heavy atom. The summed E-state index contributed by atoms with van der Waals surface area (Å²) in [5.41, 5.74) is 0.368. The van der Waals surface area contributed by atoms with E-state index in [9.17, 15) is 9.90 Å². The molecule has 24 heavy (non-hydrogen) atoms. The molecule has 1 amide bonds. The molecule has 0 unspecified atom stereocenters. The summed E-state index contributed by atoms with van der Waals surface area (Å²) in [5, 5.41) is 13.7. The molecule has 2 atom stereocenters. The zero-order valence-electron chi connectivity index (χ0n) is 14.1. The molecule has 0 aliphatic carbocycles. The van der Waals surface area contributed by atoms with Crippen molar-refractivity contribution in [2.75, 3.05) is 19.7 Å². The summed E-state index contributed by atoms with van der Waals surface area (Å²) in [5.74, 6) is 0.776. The first-order valence-electron chi connectivity index (χ1n) is 8.04. The quantitative estimate of drug-likeness (QED) is 0.921. The number of rotatable bonds is 3. The van der Waals surface area contributed by atoms with E-state index in [1.165, 1.54) is 0 Å². The van der Waals surface area contributed by atoms with Crippen LogP contribution < -0.4 is 0 Å². The number of nitrogens with zero attached hydrogens (tertiary/aromatic N) is 4. The molecule has 7 heteroatoms. The maximum absolute atomic E-state index is 12.5. The molecule has 0 saturated carbocycles. The molecule has 2 aromatic rings. The molecular weight excluding hydrogens is 308 g/mol. The molecule has 0 bridgehead atoms. The van der Waals surface area contributed by atoms with Crippen molar-refractivity contribution in [2.24, 2.45) is 11.3 Å². The molecule has 1 fully saturated rings. The number of carbonyl (C=O) groups is 1. The van der Waals surface area contributed by atoms with Gasteiger partial charge in [0, 0.05) is 49.0 Å². The summed E-state index contributed by atoms with van der Waals surface area (Å²) in [6.45, 7) is 6.65. The van der Waals surface area contributed by atoms with Gasteiger partial charge < -0.3 is 14.5 Å². The second-order valence-electron chi connectivity index (χ2n) is 7.20. The predicted molar refractivity (Wildman–Crippen MR) is 86.9 cm³/mol. The van der Waals surface area contributed by atoms with E-state index >= 15 is 0 Å². The topological polar surface area (TPSA) is 92.4 Å². The van der Waals surface area contributed by atoms with Gasteiger partial charge in [-0.3, -0.25) is 9.78 Å². The van der Waals surface area contributed by atoms with Crippen LogP contribution in [0.3, 0.4) is 0 Å². The number of hydrogen-bond acceptors (Lipinski definition) is 6. The lowest BCUT2D eigenvalue weighted by molar-refractivity contribution is -0.138. The summed E-state index contributed by atoms with van der Waals surface area (Å²) >= 11 is 0. The van der Waals surface area contributed by atoms with Gasteiger partial charge in [-0.25, -0.2) is 0 Å². The average Bonchev–Trinajstić information content (AvgIpc) is 3.20. The summed E-state index contributed by atoms with van der Waals surface area (Å²) in [6, 6.07) is 3.62. The van der Waals surface area contributed by atoms with Crippen LogP contribution in [0.4, 0.5) is 0 Å². The Morgan fingerprint density at radius 3 is 2.67 bits per heavy atom. The van der Waals surface area contributed by atoms with E-state index in [4.69, 9.17) is 4.52 Å². The van der Waals surface area contributed by atoms with Crippen LogP contribution in [-0.2, 0) is 4.79 Å². The number of pyridine rings is 1. The molecule has 1 saturated heterocycles. The maximum atomic E-state index is 12.5. The van der Waals surface area contributed by atoms with Crippen molar-refractivity contribution in [3.05, 3.63) is 30.4 Å². The highest BCUT2D eigenvalue weighted by atomic mass is 16.5. The third-order valence-electron chi connectivity index (χ3n) is 4.30. The Morgan fingerprint density at radius 2 is 2.04 bits per heavy atom. The lowest BCUT2D eigenvalue weighted by atomic mass is 9.95. The summed E-state index contributed by atoms with van der Waals surface area (Å²) in [7, 11) is 0. The predicted octanol–water partition coefficient (Wildman–Crippen LogP) is 1.71. The Hall–Kier alpha value is -2.28. The molecule has 1 aliphatic rings. The van der Waals surface area contributed by atoms with Crippen LogP contribution in [0.2, 0.25) is 0 Å². The van der Waals surface area contributed by atoms with Gasteiger partial charge in [0.25, 0.3) is 0 Å². The second kappa shape index (κ2) is 6.32. The van der Waals surface area contributed by atoms with E-state index in [-0.39, 0.29) is 24.3 Å². The third kappa shape index (κ3) is 3.17. The number of aliphatic hydroxyl groups excluding tert-OH is 1. The molecule has 0 radical (unpaired) electrons. The lowest BCUT2D eigenvalue weighted by Gasteiger charge is -2.25. The number of hydrogen-bond donors (Lipinski definition) is 1. The molecule has 2 aromatic heterocycles. The Balaban J connectivity index is 1.81. The van der Waals surface area contributed by atoms with Crippen molar-refractivity contribution in [3.8, 4) is 11.4 Å². The van der Waals surface area contributed by atoms with E-state index in [1.807, 2.05) is 32.9 Å². The summed E-state index contributed by atoms with van der Waals surface area (Å²) in [6.07, 6.45) is 3.34. The van der Waals surface area contributed by atoms with Gasteiger partial charge >= 0.3 is 0 Å². The Kier molecular flexibility index (Phi) is 4.36. The van der Waals surface area contributed by atoms with Gasteiger partial charge in [0.05, 0.1) is 5.92 Å². The van der Waals surface area contributed by atoms with E-state index in [2.05, 4.69) is 15.1 Å². The minimum Gasteiger partial charge on any atom is -0.396 e. The highest BCUT2D eigenvalue weighted by Crippen LogP contribution is 2.34. The fourth-order valence-corrected chi connectivity index (χ4v) is 2.98. The van der Waals surface area contributed by atoms with E-state index < -0.39 is 5.41 Å². The fourth-order valence-electron chi connectivity index (χ4n) is 2.98. The van der Waals surface area contributed by atoms with E-state index in [1.54, 1.807) is 17.3 Å². The first-order chi connectivity index (χ1) is 11.4. The number of aromatic nitrogens is 3. The van der Waals surface area contributed by atoms with Crippen molar-refractivity contribution >= 4 is 5.91 Å². The van der Waals surface area contributed by atoms with Crippen LogP contribution in [-0.4, -0.2) is 50.7 Å². The van der Waals surface area contributed by atoms with E-state index in [0.717, 1.165) is 5.56 Å². The first-order valence-corrected chi connectivity index (χ1v) is 8.04. The first kappa shape index (κ1) is 16.6. The molecule has 128 valence electrons. The lowest BCUT2D eigenvalue weighted by Crippen LogP contribution is -2.38. The summed E-state index contributed by atoms with van der Waals surface area (Å²) in [4.78, 5) is 22.7. The molecule has 7 nitrogen and oxygen atoms in total. The zero-order chi connectivity index (χ0) is 17.3. The van der Waals surface area contributed by atoms with Crippen LogP contribution >= 0.6 is 0 Å². The Bertz CT molecular complexity index is 708. The number of carbonyl (C=O) groups excluding carboxylic acids is 1. The SMILES string of the molecule is CC(C)(C)C(=O)N1C[C@@H](CO)[C@H](c2nc(-c3ccncc3)no2)C1. The van der Waals surface area contributed by atoms with Crippen LogP contribution in [0.25, 0.3) is 11.4 Å². The van der Waals surface area contributed by atoms with Gasteiger partial charge in [0.2, 0.25) is 17.6 Å². The monoisotopic (exact) mass is 330 g/mol. The molecule has 0 spiro atoms. The van der Waals surface area contributed by atoms with Gasteiger partial charge in [0.15, 0.2) is 0 Å². The molecule has 3 heterocycles. The second-order valence-corrected chi connectivity index (χ2v) is 7.20. The van der Waals surface area contributed by atoms with Crippen molar-refractivity contribution in [1.82, 2.24) is 20.0 Å². The maximum Gasteiger partial charge on any atom is 0.232 e. The molecule has 3 rings (SSSR count). The minimum absolute atomic E-state index is 0.0223. The van der Waals surface area contributed by atoms with Crippen LogP contribution in [0.15, 0.2) is 29.0 Å². The van der Waals surface area contributed by atoms with Gasteiger partial charge in [0.1, 0.15) is 0 Å². The number of aliphatic hydroxyl groups is 1. The average molecular weight is 330 g/mol. The Labute approximate surface area is 140 Å². The highest BCUT2D eigenvalue weighted by molar-refractivity contribution is 5.81. The van der Waals surface area contributed by atoms with Crippen molar-refractivity contribution in [3.63, 3.8) is 0 Å². The van der Waals surface area contributed by atoms with Crippen molar-refractivity contribution < 1.29 is 14.4 Å². The van der Waals surface area contributed by atoms with Gasteiger partial charge in [-0.15, -0.1) is 0 Å². The van der Waals surface area contributed by atoms with Crippen molar-refractivity contribution in [1.29, 1.82) is 0 Å². The van der Waals surface area contributed by atoms with Crippen LogP contribution in [0.5, 0.6) is 0 Å². The normalized spacial score (nSPS) is 21.2. The number of likely N-dealkylation sites (tertiary alicyclic amines) is 1. The zero-order valence-corrected chi connectivity index (χ0v) is 14.1. The minimum atomic E-state index is -0.452. The molecule has 0 aromatic carbocycles. The standard InChI is InChI=1S/C17H22N4O3/c1-17(2,3)16(23)21-8-12(10-22)13(9-21)15-19-14(20-24-15)11-4-6-18-7-5-11/h4-7,12-13,22H,8-10H2,1-3H3/t12-,13+/m0/s1. The smallest absolute Gasteiger partial charge is 0.232 e. The molecular formula is C17H22N4O3. The summed E-state index contributed by atoms with van der Waals surface area (Å²) < 4.78 is 5.42. The molecule has 1 N–H and O–H groups in total. The highest BCUT2D eigenvalue weighted by Gasteiger charge is 2.41.